The molecule has 0 saturated heterocycles. The van der Waals surface area contributed by atoms with Crippen LogP contribution in [-0.4, -0.2) is 17.3 Å². The molecule has 3 nitrogen and oxygen atoms in total. The first-order chi connectivity index (χ1) is 14.4. The Kier molecular flexibility index (Phi) is 5.08. The summed E-state index contributed by atoms with van der Waals surface area (Å²) in [5.41, 5.74) is 0.563. The third-order valence-corrected chi connectivity index (χ3v) is 5.31. The van der Waals surface area contributed by atoms with Gasteiger partial charge in [-0.1, -0.05) is 0 Å². The number of halogens is 3. The van der Waals surface area contributed by atoms with E-state index in [4.69, 9.17) is 0 Å². The Morgan fingerprint density at radius 1 is 0.433 bits per heavy atom. The first-order valence-electron chi connectivity index (χ1n) is 9.26. The van der Waals surface area contributed by atoms with Crippen molar-refractivity contribution in [1.29, 1.82) is 0 Å². The average Bonchev–Trinajstić information content (AvgIpc) is 3.49. The van der Waals surface area contributed by atoms with E-state index in [-0.39, 0.29) is 16.7 Å². The Balaban J connectivity index is 1.67. The number of ketones is 3. The smallest absolute Gasteiger partial charge is 0.167 e. The maximum Gasteiger partial charge on any atom is 0.167 e. The fourth-order valence-corrected chi connectivity index (χ4v) is 3.71. The van der Waals surface area contributed by atoms with Crippen molar-refractivity contribution < 1.29 is 27.6 Å². The molecule has 0 radical (unpaired) electrons. The monoisotopic (exact) mass is 408 g/mol. The second-order valence-electron chi connectivity index (χ2n) is 7.19. The topological polar surface area (TPSA) is 51.2 Å². The number of Topliss-reactive ketones (excluding diaryl/α,β-unsaturated/α-hetero) is 3. The van der Waals surface area contributed by atoms with Gasteiger partial charge in [0.25, 0.3) is 0 Å². The summed E-state index contributed by atoms with van der Waals surface area (Å²) >= 11 is 0. The molecule has 0 amide bonds. The van der Waals surface area contributed by atoms with Crippen molar-refractivity contribution in [2.24, 2.45) is 17.8 Å². The van der Waals surface area contributed by atoms with Crippen LogP contribution in [0, 0.1) is 35.2 Å². The zero-order chi connectivity index (χ0) is 21.4. The summed E-state index contributed by atoms with van der Waals surface area (Å²) in [5.74, 6) is -5.66. The van der Waals surface area contributed by atoms with Gasteiger partial charge < -0.3 is 0 Å². The molecule has 1 saturated carbocycles. The lowest BCUT2D eigenvalue weighted by Crippen LogP contribution is -2.09. The molecule has 0 heterocycles. The van der Waals surface area contributed by atoms with Crippen LogP contribution in [0.5, 0.6) is 0 Å². The fraction of sp³-hybridized carbons (Fsp3) is 0.125. The average molecular weight is 408 g/mol. The molecule has 30 heavy (non-hydrogen) atoms. The molecule has 0 spiro atoms. The minimum Gasteiger partial charge on any atom is -0.294 e. The first kappa shape index (κ1) is 19.8. The van der Waals surface area contributed by atoms with Gasteiger partial charge in [-0.2, -0.15) is 0 Å². The summed E-state index contributed by atoms with van der Waals surface area (Å²) in [6.07, 6.45) is 0. The van der Waals surface area contributed by atoms with Crippen LogP contribution >= 0.6 is 0 Å². The van der Waals surface area contributed by atoms with E-state index in [1.54, 1.807) is 0 Å². The normalized spacial score (nSPS) is 19.9. The van der Waals surface area contributed by atoms with Gasteiger partial charge in [0.15, 0.2) is 17.3 Å². The Labute approximate surface area is 170 Å². The van der Waals surface area contributed by atoms with Crippen LogP contribution in [0.25, 0.3) is 0 Å². The van der Waals surface area contributed by atoms with Gasteiger partial charge in [0.05, 0.1) is 0 Å². The molecule has 3 aromatic rings. The van der Waals surface area contributed by atoms with Crippen molar-refractivity contribution in [3.05, 3.63) is 107 Å². The number of benzene rings is 3. The number of carbonyl (C=O) groups is 3. The van der Waals surface area contributed by atoms with E-state index in [0.717, 1.165) is 36.4 Å². The highest BCUT2D eigenvalue weighted by molar-refractivity contribution is 6.16. The largest absolute Gasteiger partial charge is 0.294 e. The Morgan fingerprint density at radius 2 is 0.633 bits per heavy atom. The Bertz CT molecular complexity index is 968. The van der Waals surface area contributed by atoms with E-state index in [1.165, 1.54) is 36.4 Å². The third-order valence-electron chi connectivity index (χ3n) is 5.31. The molecule has 1 aliphatic rings. The molecule has 0 unspecified atom stereocenters. The third kappa shape index (κ3) is 3.68. The molecule has 1 aliphatic carbocycles. The minimum absolute atomic E-state index is 0.188. The molecule has 3 aromatic carbocycles. The van der Waals surface area contributed by atoms with Crippen molar-refractivity contribution in [2.45, 2.75) is 0 Å². The maximum atomic E-state index is 13.2. The quantitative estimate of drug-likeness (QED) is 0.545. The van der Waals surface area contributed by atoms with Crippen molar-refractivity contribution in [1.82, 2.24) is 0 Å². The summed E-state index contributed by atoms with van der Waals surface area (Å²) in [7, 11) is 0. The van der Waals surface area contributed by atoms with E-state index in [9.17, 15) is 27.6 Å². The summed E-state index contributed by atoms with van der Waals surface area (Å²) in [6, 6.07) is 14.6. The summed E-state index contributed by atoms with van der Waals surface area (Å²) in [6.45, 7) is 0. The molecule has 1 fully saturated rings. The summed E-state index contributed by atoms with van der Waals surface area (Å²) < 4.78 is 39.6. The zero-order valence-electron chi connectivity index (χ0n) is 15.5. The molecule has 0 aromatic heterocycles. The SMILES string of the molecule is O=C(c1ccc(F)cc1)C1C(C(=O)c2ccc(F)cc2)C1C(=O)c1ccc(F)cc1. The lowest BCUT2D eigenvalue weighted by Gasteiger charge is -2.01. The van der Waals surface area contributed by atoms with Crippen LogP contribution in [0.2, 0.25) is 0 Å². The zero-order valence-corrected chi connectivity index (χ0v) is 15.5. The molecule has 0 aliphatic heterocycles. The van der Waals surface area contributed by atoms with Gasteiger partial charge in [-0.15, -0.1) is 0 Å². The highest BCUT2D eigenvalue weighted by atomic mass is 19.1. The molecule has 0 atom stereocenters. The van der Waals surface area contributed by atoms with Gasteiger partial charge in [0, 0.05) is 34.4 Å². The Hall–Kier alpha value is -3.54. The van der Waals surface area contributed by atoms with Gasteiger partial charge in [0.2, 0.25) is 0 Å². The summed E-state index contributed by atoms with van der Waals surface area (Å²) in [5, 5.41) is 0. The lowest BCUT2D eigenvalue weighted by atomic mass is 10.0. The van der Waals surface area contributed by atoms with Gasteiger partial charge in [-0.3, -0.25) is 14.4 Å². The van der Waals surface area contributed by atoms with Gasteiger partial charge in [-0.05, 0) is 72.8 Å². The van der Waals surface area contributed by atoms with Crippen LogP contribution in [0.1, 0.15) is 31.1 Å². The predicted molar refractivity (Wildman–Crippen MR) is 103 cm³/mol. The van der Waals surface area contributed by atoms with E-state index in [0.29, 0.717) is 0 Å². The van der Waals surface area contributed by atoms with Crippen LogP contribution in [-0.2, 0) is 0 Å². The Morgan fingerprint density at radius 3 is 0.833 bits per heavy atom. The predicted octanol–water partition coefficient (Wildman–Crippen LogP) is 4.91. The molecule has 0 N–H and O–H groups in total. The second-order valence-corrected chi connectivity index (χ2v) is 7.19. The van der Waals surface area contributed by atoms with Crippen molar-refractivity contribution >= 4 is 17.3 Å². The van der Waals surface area contributed by atoms with Gasteiger partial charge >= 0.3 is 0 Å². The van der Waals surface area contributed by atoms with E-state index < -0.39 is 52.6 Å². The highest BCUT2D eigenvalue weighted by Gasteiger charge is 2.62. The van der Waals surface area contributed by atoms with Crippen molar-refractivity contribution in [2.75, 3.05) is 0 Å². The minimum atomic E-state index is -0.925. The van der Waals surface area contributed by atoms with E-state index >= 15 is 0 Å². The number of carbonyl (C=O) groups excluding carboxylic acids is 3. The fourth-order valence-electron chi connectivity index (χ4n) is 3.71. The first-order valence-corrected chi connectivity index (χ1v) is 9.26. The van der Waals surface area contributed by atoms with Gasteiger partial charge in [-0.25, -0.2) is 13.2 Å². The summed E-state index contributed by atoms with van der Waals surface area (Å²) in [4.78, 5) is 38.9. The van der Waals surface area contributed by atoms with E-state index in [2.05, 4.69) is 0 Å². The van der Waals surface area contributed by atoms with E-state index in [1.807, 2.05) is 0 Å². The van der Waals surface area contributed by atoms with Crippen LogP contribution < -0.4 is 0 Å². The van der Waals surface area contributed by atoms with Gasteiger partial charge in [0.1, 0.15) is 17.5 Å². The molecule has 4 rings (SSSR count). The van der Waals surface area contributed by atoms with Crippen LogP contribution in [0.3, 0.4) is 0 Å². The standard InChI is InChI=1S/C24H15F3O3/c25-16-7-1-13(2-8-16)22(28)19-20(23(29)14-3-9-17(26)10-4-14)21(19)24(30)15-5-11-18(27)12-6-15/h1-12,19-21H. The number of rotatable bonds is 6. The molecule has 150 valence electrons. The second kappa shape index (κ2) is 7.71. The highest BCUT2D eigenvalue weighted by Crippen LogP contribution is 2.51. The van der Waals surface area contributed by atoms with Crippen LogP contribution in [0.15, 0.2) is 72.8 Å². The van der Waals surface area contributed by atoms with Crippen molar-refractivity contribution in [3.63, 3.8) is 0 Å². The number of hydrogen-bond donors (Lipinski definition) is 0. The van der Waals surface area contributed by atoms with Crippen molar-refractivity contribution in [3.8, 4) is 0 Å². The molecular formula is C24H15F3O3. The molecule has 0 bridgehead atoms. The maximum absolute atomic E-state index is 13.2. The molecule has 6 heteroatoms. The number of hydrogen-bond acceptors (Lipinski definition) is 3. The lowest BCUT2D eigenvalue weighted by molar-refractivity contribution is 0.0905. The van der Waals surface area contributed by atoms with Crippen LogP contribution in [0.4, 0.5) is 13.2 Å². The molecular weight excluding hydrogens is 393 g/mol.